The van der Waals surface area contributed by atoms with Crippen LogP contribution >= 0.6 is 0 Å². The first-order chi connectivity index (χ1) is 5.50. The van der Waals surface area contributed by atoms with Gasteiger partial charge in [-0.1, -0.05) is 13.0 Å². The topological polar surface area (TPSA) is 46.3 Å². The van der Waals surface area contributed by atoms with Gasteiger partial charge < -0.3 is 10.6 Å². The molecule has 0 aromatic rings. The third-order valence-electron chi connectivity index (χ3n) is 1.96. The molecule has 0 saturated heterocycles. The number of hydrogen-bond donors (Lipinski definition) is 1. The van der Waals surface area contributed by atoms with Gasteiger partial charge in [0.15, 0.2) is 0 Å². The molecule has 70 valence electrons. The van der Waals surface area contributed by atoms with E-state index in [4.69, 9.17) is 5.73 Å². The van der Waals surface area contributed by atoms with Crippen LogP contribution in [0.2, 0.25) is 0 Å². The molecule has 0 aliphatic heterocycles. The van der Waals surface area contributed by atoms with Crippen LogP contribution in [0.1, 0.15) is 13.8 Å². The number of nitrogens with two attached hydrogens (primary N) is 1. The highest BCUT2D eigenvalue weighted by Crippen LogP contribution is 2.03. The van der Waals surface area contributed by atoms with Gasteiger partial charge in [0.25, 0.3) is 0 Å². The fourth-order valence-corrected chi connectivity index (χ4v) is 0.856. The van der Waals surface area contributed by atoms with Gasteiger partial charge in [-0.2, -0.15) is 0 Å². The zero-order chi connectivity index (χ0) is 9.72. The van der Waals surface area contributed by atoms with Gasteiger partial charge >= 0.3 is 0 Å². The van der Waals surface area contributed by atoms with Crippen molar-refractivity contribution in [3.63, 3.8) is 0 Å². The minimum Gasteiger partial charge on any atom is -0.342 e. The van der Waals surface area contributed by atoms with E-state index in [0.29, 0.717) is 6.54 Å². The highest BCUT2D eigenvalue weighted by atomic mass is 16.2. The second kappa shape index (κ2) is 4.93. The Balaban J connectivity index is 4.08. The molecule has 12 heavy (non-hydrogen) atoms. The van der Waals surface area contributed by atoms with E-state index in [2.05, 4.69) is 6.58 Å². The van der Waals surface area contributed by atoms with Gasteiger partial charge in [0.1, 0.15) is 0 Å². The number of carbonyl (C=O) groups excluding carboxylic acids is 1. The smallest absolute Gasteiger partial charge is 0.226 e. The number of rotatable bonds is 4. The van der Waals surface area contributed by atoms with Gasteiger partial charge in [0.2, 0.25) is 5.91 Å². The Hall–Kier alpha value is -0.830. The van der Waals surface area contributed by atoms with Crippen LogP contribution in [0, 0.1) is 5.92 Å². The lowest BCUT2D eigenvalue weighted by molar-refractivity contribution is -0.133. The maximum absolute atomic E-state index is 11.5. The molecule has 0 aromatic heterocycles. The van der Waals surface area contributed by atoms with Gasteiger partial charge in [-0.3, -0.25) is 4.79 Å². The van der Waals surface area contributed by atoms with Gasteiger partial charge in [0, 0.05) is 19.6 Å². The maximum atomic E-state index is 11.5. The molecule has 0 aliphatic carbocycles. The maximum Gasteiger partial charge on any atom is 0.226 e. The standard InChI is InChI=1S/C9H18N2O/c1-5-6-11(4)9(12)7(2)8(3)10/h5,7-8H,1,6,10H2,2-4H3. The Labute approximate surface area is 74.2 Å². The monoisotopic (exact) mass is 170 g/mol. The Bertz CT molecular complexity index is 166. The molecule has 0 spiro atoms. The minimum absolute atomic E-state index is 0.0740. The first-order valence-electron chi connectivity index (χ1n) is 4.12. The van der Waals surface area contributed by atoms with Crippen LogP contribution in [0.5, 0.6) is 0 Å². The van der Waals surface area contributed by atoms with Gasteiger partial charge in [-0.05, 0) is 6.92 Å². The number of hydrogen-bond acceptors (Lipinski definition) is 2. The summed E-state index contributed by atoms with van der Waals surface area (Å²) in [5.74, 6) is -0.0418. The van der Waals surface area contributed by atoms with Crippen molar-refractivity contribution < 1.29 is 4.79 Å². The first-order valence-corrected chi connectivity index (χ1v) is 4.12. The van der Waals surface area contributed by atoms with E-state index in [0.717, 1.165) is 0 Å². The van der Waals surface area contributed by atoms with Crippen molar-refractivity contribution in [2.24, 2.45) is 11.7 Å². The van der Waals surface area contributed by atoms with E-state index in [1.54, 1.807) is 18.0 Å². The lowest BCUT2D eigenvalue weighted by Crippen LogP contribution is -2.39. The van der Waals surface area contributed by atoms with Crippen LogP contribution < -0.4 is 5.73 Å². The summed E-state index contributed by atoms with van der Waals surface area (Å²) in [4.78, 5) is 13.1. The highest BCUT2D eigenvalue weighted by Gasteiger charge is 2.19. The molecule has 3 nitrogen and oxygen atoms in total. The van der Waals surface area contributed by atoms with Crippen molar-refractivity contribution in [2.45, 2.75) is 19.9 Å². The van der Waals surface area contributed by atoms with Crippen LogP contribution in [0.25, 0.3) is 0 Å². The molecular formula is C9H18N2O. The summed E-state index contributed by atoms with van der Waals surface area (Å²) < 4.78 is 0. The van der Waals surface area contributed by atoms with Gasteiger partial charge in [-0.25, -0.2) is 0 Å². The molecule has 2 atom stereocenters. The second-order valence-corrected chi connectivity index (χ2v) is 3.16. The minimum atomic E-state index is -0.116. The Morgan fingerprint density at radius 3 is 2.50 bits per heavy atom. The van der Waals surface area contributed by atoms with E-state index in [-0.39, 0.29) is 17.9 Å². The average Bonchev–Trinajstić information content (AvgIpc) is 2.02. The molecule has 0 aromatic carbocycles. The SMILES string of the molecule is C=CCN(C)C(=O)C(C)C(C)N. The zero-order valence-corrected chi connectivity index (χ0v) is 8.08. The Morgan fingerprint density at radius 2 is 2.17 bits per heavy atom. The van der Waals surface area contributed by atoms with E-state index >= 15 is 0 Å². The lowest BCUT2D eigenvalue weighted by Gasteiger charge is -2.21. The molecule has 1 amide bonds. The van der Waals surface area contributed by atoms with Crippen molar-refractivity contribution in [1.82, 2.24) is 4.90 Å². The number of carbonyl (C=O) groups is 1. The lowest BCUT2D eigenvalue weighted by atomic mass is 10.0. The van der Waals surface area contributed by atoms with Crippen molar-refractivity contribution >= 4 is 5.91 Å². The van der Waals surface area contributed by atoms with Crippen molar-refractivity contribution in [3.8, 4) is 0 Å². The Morgan fingerprint density at radius 1 is 1.67 bits per heavy atom. The quantitative estimate of drug-likeness (QED) is 0.628. The van der Waals surface area contributed by atoms with Crippen molar-refractivity contribution in [1.29, 1.82) is 0 Å². The molecule has 3 heteroatoms. The number of likely N-dealkylation sites (N-methyl/N-ethyl adjacent to an activating group) is 1. The zero-order valence-electron chi connectivity index (χ0n) is 8.08. The summed E-state index contributed by atoms with van der Waals surface area (Å²) in [5.41, 5.74) is 5.60. The third kappa shape index (κ3) is 3.05. The van der Waals surface area contributed by atoms with E-state index in [1.165, 1.54) is 0 Å². The van der Waals surface area contributed by atoms with Crippen LogP contribution in [-0.4, -0.2) is 30.4 Å². The average molecular weight is 170 g/mol. The van der Waals surface area contributed by atoms with Crippen LogP contribution in [-0.2, 0) is 4.79 Å². The fourth-order valence-electron chi connectivity index (χ4n) is 0.856. The molecule has 0 aliphatic rings. The molecule has 0 fully saturated rings. The normalized spacial score (nSPS) is 15.0. The van der Waals surface area contributed by atoms with Crippen LogP contribution in [0.15, 0.2) is 12.7 Å². The predicted octanol–water partition coefficient (Wildman–Crippen LogP) is 0.614. The summed E-state index contributed by atoms with van der Waals surface area (Å²) in [6.45, 7) is 7.82. The molecule has 0 radical (unpaired) electrons. The van der Waals surface area contributed by atoms with E-state index in [1.807, 2.05) is 13.8 Å². The fraction of sp³-hybridized carbons (Fsp3) is 0.667. The molecule has 2 unspecified atom stereocenters. The third-order valence-corrected chi connectivity index (χ3v) is 1.96. The van der Waals surface area contributed by atoms with Crippen LogP contribution in [0.4, 0.5) is 0 Å². The first kappa shape index (κ1) is 11.2. The second-order valence-electron chi connectivity index (χ2n) is 3.16. The molecule has 0 heterocycles. The van der Waals surface area contributed by atoms with Gasteiger partial charge in [-0.15, -0.1) is 6.58 Å². The Kier molecular flexibility index (Phi) is 4.59. The summed E-state index contributed by atoms with van der Waals surface area (Å²) in [6.07, 6.45) is 1.70. The molecular weight excluding hydrogens is 152 g/mol. The molecule has 2 N–H and O–H groups in total. The summed E-state index contributed by atoms with van der Waals surface area (Å²) >= 11 is 0. The summed E-state index contributed by atoms with van der Waals surface area (Å²) in [5, 5.41) is 0. The molecule has 0 rings (SSSR count). The van der Waals surface area contributed by atoms with E-state index < -0.39 is 0 Å². The van der Waals surface area contributed by atoms with Crippen molar-refractivity contribution in [2.75, 3.05) is 13.6 Å². The number of nitrogens with zero attached hydrogens (tertiary/aromatic N) is 1. The molecule has 0 bridgehead atoms. The largest absolute Gasteiger partial charge is 0.342 e. The van der Waals surface area contributed by atoms with E-state index in [9.17, 15) is 4.79 Å². The van der Waals surface area contributed by atoms with Crippen LogP contribution in [0.3, 0.4) is 0 Å². The van der Waals surface area contributed by atoms with Crippen molar-refractivity contribution in [3.05, 3.63) is 12.7 Å². The molecule has 0 saturated carbocycles. The summed E-state index contributed by atoms with van der Waals surface area (Å²) in [7, 11) is 1.75. The predicted molar refractivity (Wildman–Crippen MR) is 50.6 cm³/mol. The van der Waals surface area contributed by atoms with Gasteiger partial charge in [0.05, 0.1) is 5.92 Å². The highest BCUT2D eigenvalue weighted by molar-refractivity contribution is 5.79. The summed E-state index contributed by atoms with van der Waals surface area (Å²) in [6, 6.07) is -0.0928. The number of amides is 1.